The van der Waals surface area contributed by atoms with Crippen molar-refractivity contribution in [3.05, 3.63) is 42.0 Å². The molecule has 2 atom stereocenters. The maximum absolute atomic E-state index is 13.0. The monoisotopic (exact) mass is 408 g/mol. The summed E-state index contributed by atoms with van der Waals surface area (Å²) in [6.45, 7) is 1.01. The van der Waals surface area contributed by atoms with Crippen molar-refractivity contribution in [2.75, 3.05) is 37.2 Å². The molecule has 6 nitrogen and oxygen atoms in total. The lowest BCUT2D eigenvalue weighted by molar-refractivity contribution is -0.123. The molecule has 1 fully saturated rings. The van der Waals surface area contributed by atoms with Crippen molar-refractivity contribution >= 4 is 33.4 Å². The molecule has 1 aromatic rings. The predicted molar refractivity (Wildman–Crippen MR) is 97.9 cm³/mol. The first kappa shape index (κ1) is 18.1. The summed E-state index contributed by atoms with van der Waals surface area (Å²) in [6.07, 6.45) is 4.24. The highest BCUT2D eigenvalue weighted by molar-refractivity contribution is 9.09. The number of methoxy groups -OCH3 is 1. The molecule has 3 rings (SSSR count). The van der Waals surface area contributed by atoms with E-state index in [0.29, 0.717) is 30.8 Å². The van der Waals surface area contributed by atoms with Gasteiger partial charge in [0, 0.05) is 25.4 Å². The first-order valence-electron chi connectivity index (χ1n) is 8.20. The van der Waals surface area contributed by atoms with Gasteiger partial charge < -0.3 is 14.4 Å². The molecule has 2 aliphatic rings. The SMILES string of the molecule is COCN1C(=O)[C@@H]2C[C@@H](OCC=CCBr)CN2C(=O)c2ccccc21. The second-order valence-electron chi connectivity index (χ2n) is 5.99. The van der Waals surface area contributed by atoms with E-state index in [4.69, 9.17) is 9.47 Å². The highest BCUT2D eigenvalue weighted by Gasteiger charge is 2.45. The number of alkyl halides is 1. The summed E-state index contributed by atoms with van der Waals surface area (Å²) in [6, 6.07) is 6.65. The maximum atomic E-state index is 13.0. The van der Waals surface area contributed by atoms with E-state index in [0.717, 1.165) is 5.33 Å². The number of hydrogen-bond acceptors (Lipinski definition) is 4. The Hall–Kier alpha value is -1.70. The van der Waals surface area contributed by atoms with Crippen LogP contribution < -0.4 is 4.90 Å². The lowest BCUT2D eigenvalue weighted by atomic mass is 10.1. The molecule has 0 N–H and O–H groups in total. The second kappa shape index (κ2) is 8.12. The number of fused-ring (bicyclic) bond motifs is 2. The van der Waals surface area contributed by atoms with Gasteiger partial charge in [0.2, 0.25) is 0 Å². The zero-order valence-electron chi connectivity index (χ0n) is 14.1. The topological polar surface area (TPSA) is 59.1 Å². The normalized spacial score (nSPS) is 23.1. The summed E-state index contributed by atoms with van der Waals surface area (Å²) in [5.74, 6) is -0.253. The Kier molecular flexibility index (Phi) is 5.88. The standard InChI is InChI=1S/C18H21BrN2O4/c1-24-12-21-15-7-3-2-6-14(15)17(22)20-11-13(10-16(20)18(21)23)25-9-5-4-8-19/h2-7,13,16H,8-12H2,1H3/t13-,16+/m1/s1. The Bertz CT molecular complexity index is 679. The molecule has 2 amide bonds. The number of anilines is 1. The summed E-state index contributed by atoms with van der Waals surface area (Å²) in [7, 11) is 1.54. The molecule has 0 unspecified atom stereocenters. The Balaban J connectivity index is 1.84. The van der Waals surface area contributed by atoms with Crippen LogP contribution in [0.3, 0.4) is 0 Å². The zero-order chi connectivity index (χ0) is 17.8. The van der Waals surface area contributed by atoms with Gasteiger partial charge in [0.25, 0.3) is 11.8 Å². The van der Waals surface area contributed by atoms with Crippen molar-refractivity contribution in [3.63, 3.8) is 0 Å². The average molecular weight is 409 g/mol. The Morgan fingerprint density at radius 3 is 2.84 bits per heavy atom. The lowest BCUT2D eigenvalue weighted by Crippen LogP contribution is -2.45. The molecule has 0 radical (unpaired) electrons. The number of carbonyl (C=O) groups is 2. The first-order chi connectivity index (χ1) is 12.2. The molecule has 2 heterocycles. The Morgan fingerprint density at radius 1 is 1.28 bits per heavy atom. The fraction of sp³-hybridized carbons (Fsp3) is 0.444. The number of benzene rings is 1. The van der Waals surface area contributed by atoms with Gasteiger partial charge in [-0.3, -0.25) is 14.5 Å². The van der Waals surface area contributed by atoms with E-state index in [1.165, 1.54) is 7.11 Å². The lowest BCUT2D eigenvalue weighted by Gasteiger charge is -2.24. The van der Waals surface area contributed by atoms with Crippen LogP contribution in [0.25, 0.3) is 0 Å². The van der Waals surface area contributed by atoms with Crippen LogP contribution in [0.15, 0.2) is 36.4 Å². The minimum absolute atomic E-state index is 0.118. The van der Waals surface area contributed by atoms with E-state index >= 15 is 0 Å². The third kappa shape index (κ3) is 3.63. The van der Waals surface area contributed by atoms with Gasteiger partial charge in [0.1, 0.15) is 12.8 Å². The van der Waals surface area contributed by atoms with Gasteiger partial charge in [-0.2, -0.15) is 0 Å². The maximum Gasteiger partial charge on any atom is 0.256 e. The minimum Gasteiger partial charge on any atom is -0.372 e. The second-order valence-corrected chi connectivity index (χ2v) is 6.64. The molecule has 25 heavy (non-hydrogen) atoms. The van der Waals surface area contributed by atoms with Crippen molar-refractivity contribution in [2.24, 2.45) is 0 Å². The van der Waals surface area contributed by atoms with Crippen molar-refractivity contribution in [1.29, 1.82) is 0 Å². The summed E-state index contributed by atoms with van der Waals surface area (Å²) < 4.78 is 11.0. The van der Waals surface area contributed by atoms with Crippen LogP contribution in [-0.4, -0.2) is 61.2 Å². The molecular formula is C18H21BrN2O4. The van der Waals surface area contributed by atoms with Gasteiger partial charge in [0.15, 0.2) is 0 Å². The van der Waals surface area contributed by atoms with Gasteiger partial charge >= 0.3 is 0 Å². The van der Waals surface area contributed by atoms with Crippen LogP contribution in [0.5, 0.6) is 0 Å². The van der Waals surface area contributed by atoms with Crippen molar-refractivity contribution in [3.8, 4) is 0 Å². The largest absolute Gasteiger partial charge is 0.372 e. The molecule has 0 bridgehead atoms. The van der Waals surface area contributed by atoms with Crippen molar-refractivity contribution in [1.82, 2.24) is 4.90 Å². The van der Waals surface area contributed by atoms with Crippen LogP contribution >= 0.6 is 15.9 Å². The molecule has 7 heteroatoms. The summed E-state index contributed by atoms with van der Waals surface area (Å²) in [5, 5.41) is 0.773. The number of allylic oxidation sites excluding steroid dienone is 1. The van der Waals surface area contributed by atoms with E-state index < -0.39 is 6.04 Å². The highest BCUT2D eigenvalue weighted by atomic mass is 79.9. The first-order valence-corrected chi connectivity index (χ1v) is 9.32. The van der Waals surface area contributed by atoms with Crippen LogP contribution in [0, 0.1) is 0 Å². The van der Waals surface area contributed by atoms with E-state index in [9.17, 15) is 9.59 Å². The number of carbonyl (C=O) groups excluding carboxylic acids is 2. The van der Waals surface area contributed by atoms with E-state index in [-0.39, 0.29) is 24.6 Å². The summed E-state index contributed by atoms with van der Waals surface area (Å²) in [5.41, 5.74) is 1.13. The van der Waals surface area contributed by atoms with E-state index in [1.807, 2.05) is 24.3 Å². The van der Waals surface area contributed by atoms with Crippen molar-refractivity contribution in [2.45, 2.75) is 18.6 Å². The number of rotatable bonds is 6. The van der Waals surface area contributed by atoms with Crippen molar-refractivity contribution < 1.29 is 19.1 Å². The molecule has 0 aromatic heterocycles. The summed E-state index contributed by atoms with van der Waals surface area (Å²) in [4.78, 5) is 29.2. The number of hydrogen-bond donors (Lipinski definition) is 0. The third-order valence-electron chi connectivity index (χ3n) is 4.44. The molecule has 1 saturated heterocycles. The fourth-order valence-corrected chi connectivity index (χ4v) is 3.57. The Morgan fingerprint density at radius 2 is 2.08 bits per heavy atom. The van der Waals surface area contributed by atoms with Gasteiger partial charge in [-0.25, -0.2) is 0 Å². The van der Waals surface area contributed by atoms with Crippen LogP contribution in [-0.2, 0) is 14.3 Å². The smallest absolute Gasteiger partial charge is 0.256 e. The molecule has 1 aromatic carbocycles. The van der Waals surface area contributed by atoms with Crippen LogP contribution in [0.2, 0.25) is 0 Å². The van der Waals surface area contributed by atoms with Gasteiger partial charge in [0.05, 0.1) is 24.0 Å². The van der Waals surface area contributed by atoms with Crippen LogP contribution in [0.4, 0.5) is 5.69 Å². The van der Waals surface area contributed by atoms with E-state index in [1.54, 1.807) is 21.9 Å². The number of halogens is 1. The molecule has 0 spiro atoms. The van der Waals surface area contributed by atoms with Gasteiger partial charge in [-0.05, 0) is 12.1 Å². The van der Waals surface area contributed by atoms with Gasteiger partial charge in [-0.15, -0.1) is 0 Å². The minimum atomic E-state index is -0.514. The summed E-state index contributed by atoms with van der Waals surface area (Å²) >= 11 is 3.32. The quantitative estimate of drug-likeness (QED) is 0.534. The number of nitrogens with zero attached hydrogens (tertiary/aromatic N) is 2. The number of amides is 2. The fourth-order valence-electron chi connectivity index (χ4n) is 3.30. The molecule has 0 aliphatic carbocycles. The third-order valence-corrected chi connectivity index (χ3v) is 4.82. The predicted octanol–water partition coefficient (Wildman–Crippen LogP) is 2.19. The van der Waals surface area contributed by atoms with E-state index in [2.05, 4.69) is 15.9 Å². The molecule has 134 valence electrons. The number of ether oxygens (including phenoxy) is 2. The molecule has 2 aliphatic heterocycles. The Labute approximate surface area is 155 Å². The van der Waals surface area contributed by atoms with Crippen LogP contribution in [0.1, 0.15) is 16.8 Å². The van der Waals surface area contributed by atoms with Gasteiger partial charge in [-0.1, -0.05) is 40.2 Å². The molecular weight excluding hydrogens is 388 g/mol. The zero-order valence-corrected chi connectivity index (χ0v) is 15.6. The number of para-hydroxylation sites is 1. The average Bonchev–Trinajstić information content (AvgIpc) is 3.03. The molecule has 0 saturated carbocycles. The highest BCUT2D eigenvalue weighted by Crippen LogP contribution is 2.33.